The van der Waals surface area contributed by atoms with Gasteiger partial charge in [-0.2, -0.15) is 0 Å². The smallest absolute Gasteiger partial charge is 0.191 e. The molecule has 1 aromatic rings. The molecule has 1 nitrogen and oxygen atoms in total. The number of halogens is 2. The van der Waals surface area contributed by atoms with Gasteiger partial charge in [0.25, 0.3) is 0 Å². The summed E-state index contributed by atoms with van der Waals surface area (Å²) in [6, 6.07) is 2.99. The van der Waals surface area contributed by atoms with Crippen molar-refractivity contribution in [3.63, 3.8) is 0 Å². The molecule has 0 saturated heterocycles. The minimum Gasteiger partial charge on any atom is -0.483 e. The van der Waals surface area contributed by atoms with Gasteiger partial charge >= 0.3 is 0 Å². The molecule has 0 radical (unpaired) electrons. The first-order chi connectivity index (χ1) is 16.1. The Morgan fingerprint density at radius 2 is 1.45 bits per heavy atom. The molecular weight excluding hydrogens is 414 g/mol. The molecule has 3 aliphatic rings. The van der Waals surface area contributed by atoms with E-state index in [2.05, 4.69) is 13.5 Å². The summed E-state index contributed by atoms with van der Waals surface area (Å²) in [5.74, 6) is 3.48. The van der Waals surface area contributed by atoms with Crippen molar-refractivity contribution in [3.8, 4) is 5.75 Å². The minimum atomic E-state index is -0.586. The van der Waals surface area contributed by atoms with E-state index >= 15 is 0 Å². The summed E-state index contributed by atoms with van der Waals surface area (Å²) in [5, 5.41) is 0. The highest BCUT2D eigenvalue weighted by molar-refractivity contribution is 5.33. The normalized spacial score (nSPS) is 32.2. The Bertz CT molecular complexity index is 744. The lowest BCUT2D eigenvalue weighted by Gasteiger charge is -2.45. The van der Waals surface area contributed by atoms with Crippen molar-refractivity contribution in [2.45, 2.75) is 103 Å². The Morgan fingerprint density at radius 3 is 2.12 bits per heavy atom. The second-order valence-electron chi connectivity index (χ2n) is 11.3. The van der Waals surface area contributed by atoms with Crippen LogP contribution in [0.3, 0.4) is 0 Å². The van der Waals surface area contributed by atoms with Crippen LogP contribution in [0.5, 0.6) is 5.75 Å². The molecule has 4 atom stereocenters. The molecule has 33 heavy (non-hydrogen) atoms. The second kappa shape index (κ2) is 11.8. The molecule has 0 amide bonds. The molecule has 3 aliphatic carbocycles. The van der Waals surface area contributed by atoms with Crippen molar-refractivity contribution in [1.82, 2.24) is 0 Å². The highest BCUT2D eigenvalue weighted by atomic mass is 19.1. The minimum absolute atomic E-state index is 0.112. The number of fused-ring (bicyclic) bond motifs is 1. The van der Waals surface area contributed by atoms with Gasteiger partial charge < -0.3 is 4.74 Å². The van der Waals surface area contributed by atoms with Gasteiger partial charge in [0.2, 0.25) is 0 Å². The van der Waals surface area contributed by atoms with Crippen molar-refractivity contribution in [1.29, 1.82) is 0 Å². The molecule has 3 saturated carbocycles. The van der Waals surface area contributed by atoms with Crippen molar-refractivity contribution in [2.24, 2.45) is 29.6 Å². The lowest BCUT2D eigenvalue weighted by molar-refractivity contribution is 0.0613. The molecule has 0 bridgehead atoms. The first-order valence-corrected chi connectivity index (χ1v) is 13.8. The lowest BCUT2D eigenvalue weighted by Crippen LogP contribution is -2.34. The maximum Gasteiger partial charge on any atom is 0.191 e. The summed E-state index contributed by atoms with van der Waals surface area (Å²) < 4.78 is 34.0. The third-order valence-corrected chi connectivity index (χ3v) is 9.25. The summed E-state index contributed by atoms with van der Waals surface area (Å²) in [6.45, 7) is 5.96. The van der Waals surface area contributed by atoms with Crippen LogP contribution in [0.2, 0.25) is 0 Å². The largest absolute Gasteiger partial charge is 0.483 e. The Hall–Kier alpha value is -1.38. The van der Waals surface area contributed by atoms with Crippen LogP contribution in [-0.2, 0) is 0 Å². The van der Waals surface area contributed by atoms with Gasteiger partial charge in [0.1, 0.15) is 6.61 Å². The monoisotopic (exact) mass is 458 g/mol. The molecule has 1 aromatic carbocycles. The van der Waals surface area contributed by atoms with E-state index in [1.165, 1.54) is 95.3 Å². The summed E-state index contributed by atoms with van der Waals surface area (Å²) in [7, 11) is 0. The van der Waals surface area contributed by atoms with Gasteiger partial charge in [0.05, 0.1) is 0 Å². The molecule has 0 N–H and O–H groups in total. The van der Waals surface area contributed by atoms with Crippen LogP contribution in [0.4, 0.5) is 8.78 Å². The van der Waals surface area contributed by atoms with Gasteiger partial charge in [-0.25, -0.2) is 8.78 Å². The fourth-order valence-corrected chi connectivity index (χ4v) is 7.42. The molecule has 3 fully saturated rings. The maximum absolute atomic E-state index is 14.4. The third-order valence-electron chi connectivity index (χ3n) is 9.25. The van der Waals surface area contributed by atoms with Crippen molar-refractivity contribution >= 4 is 0 Å². The Labute approximate surface area is 200 Å². The number of ether oxygens (including phenoxy) is 1. The number of rotatable bonds is 9. The van der Waals surface area contributed by atoms with E-state index in [1.54, 1.807) is 0 Å². The Balaban J connectivity index is 1.26. The standard InChI is InChI=1S/C30H44F2O/c1-3-5-6-7-21-8-9-26-18-25(15-14-24(26)17-21)22-10-12-23(13-11-22)27-19-28(31)30(29(32)20-27)33-16-4-2/h4,19-26H,2-3,5-18H2,1H3. The molecule has 0 aliphatic heterocycles. The fourth-order valence-electron chi connectivity index (χ4n) is 7.42. The van der Waals surface area contributed by atoms with Crippen LogP contribution in [-0.4, -0.2) is 6.61 Å². The number of unbranched alkanes of at least 4 members (excludes halogenated alkanes) is 2. The third kappa shape index (κ3) is 6.20. The van der Waals surface area contributed by atoms with Gasteiger partial charge in [-0.3, -0.25) is 0 Å². The lowest BCUT2D eigenvalue weighted by atomic mass is 9.60. The van der Waals surface area contributed by atoms with Crippen LogP contribution in [0.1, 0.15) is 108 Å². The number of hydrogen-bond acceptors (Lipinski definition) is 1. The highest BCUT2D eigenvalue weighted by Crippen LogP contribution is 2.50. The van der Waals surface area contributed by atoms with Crippen LogP contribution in [0.15, 0.2) is 24.8 Å². The van der Waals surface area contributed by atoms with Crippen LogP contribution >= 0.6 is 0 Å². The molecule has 3 heteroatoms. The highest BCUT2D eigenvalue weighted by Gasteiger charge is 2.38. The van der Waals surface area contributed by atoms with Crippen LogP contribution < -0.4 is 4.74 Å². The van der Waals surface area contributed by atoms with E-state index in [0.717, 1.165) is 48.0 Å². The zero-order valence-electron chi connectivity index (χ0n) is 20.7. The van der Waals surface area contributed by atoms with Gasteiger partial charge in [-0.15, -0.1) is 0 Å². The van der Waals surface area contributed by atoms with E-state index < -0.39 is 11.6 Å². The van der Waals surface area contributed by atoms with Gasteiger partial charge in [0.15, 0.2) is 17.4 Å². The first-order valence-electron chi connectivity index (χ1n) is 13.8. The Morgan fingerprint density at radius 1 is 0.848 bits per heavy atom. The fraction of sp³-hybridized carbons (Fsp3) is 0.733. The van der Waals surface area contributed by atoms with Gasteiger partial charge in [-0.1, -0.05) is 51.7 Å². The molecule has 4 rings (SSSR count). The molecule has 0 heterocycles. The summed E-state index contributed by atoms with van der Waals surface area (Å²) in [6.07, 6.45) is 20.4. The van der Waals surface area contributed by atoms with E-state index in [0.29, 0.717) is 0 Å². The zero-order valence-corrected chi connectivity index (χ0v) is 20.7. The summed E-state index contributed by atoms with van der Waals surface area (Å²) in [5.41, 5.74) is 0.805. The maximum atomic E-state index is 14.4. The SMILES string of the molecule is C=CCOc1c(F)cc(C2CCC(C3CCC4CC(CCCCC)CCC4C3)CC2)cc1F. The van der Waals surface area contributed by atoms with Gasteiger partial charge in [-0.05, 0) is 111 Å². The molecule has 0 aromatic heterocycles. The van der Waals surface area contributed by atoms with E-state index in [-0.39, 0.29) is 18.3 Å². The predicted octanol–water partition coefficient (Wildman–Crippen LogP) is 9.22. The number of benzene rings is 1. The Kier molecular flexibility index (Phi) is 8.88. The second-order valence-corrected chi connectivity index (χ2v) is 11.3. The van der Waals surface area contributed by atoms with E-state index in [9.17, 15) is 8.78 Å². The van der Waals surface area contributed by atoms with Crippen LogP contribution in [0, 0.1) is 41.2 Å². The van der Waals surface area contributed by atoms with E-state index in [4.69, 9.17) is 4.74 Å². The van der Waals surface area contributed by atoms with Crippen LogP contribution in [0.25, 0.3) is 0 Å². The van der Waals surface area contributed by atoms with Crippen molar-refractivity contribution in [2.75, 3.05) is 6.61 Å². The summed E-state index contributed by atoms with van der Waals surface area (Å²) >= 11 is 0. The number of hydrogen-bond donors (Lipinski definition) is 0. The van der Waals surface area contributed by atoms with Crippen molar-refractivity contribution in [3.05, 3.63) is 42.0 Å². The molecular formula is C30H44F2O. The van der Waals surface area contributed by atoms with Gasteiger partial charge in [0, 0.05) is 0 Å². The quantitative estimate of drug-likeness (QED) is 0.265. The first kappa shape index (κ1) is 24.7. The van der Waals surface area contributed by atoms with Crippen molar-refractivity contribution < 1.29 is 13.5 Å². The predicted molar refractivity (Wildman–Crippen MR) is 133 cm³/mol. The van der Waals surface area contributed by atoms with E-state index in [1.807, 2.05) is 0 Å². The average molecular weight is 459 g/mol. The summed E-state index contributed by atoms with van der Waals surface area (Å²) in [4.78, 5) is 0. The topological polar surface area (TPSA) is 9.23 Å². The molecule has 0 spiro atoms. The average Bonchev–Trinajstić information content (AvgIpc) is 2.83. The molecule has 184 valence electrons. The molecule has 4 unspecified atom stereocenters. The zero-order chi connectivity index (χ0) is 23.2.